The highest BCUT2D eigenvalue weighted by Crippen LogP contribution is 2.23. The number of benzene rings is 1. The first kappa shape index (κ1) is 10.9. The molecule has 82 valence electrons. The Labute approximate surface area is 97.2 Å². The van der Waals surface area contributed by atoms with E-state index in [2.05, 4.69) is 49.2 Å². The standard InChI is InChI=1S/C15H17N/c1-3-13-6-8-14(9-7-13)12(2)15-5-4-10-16-11-15/h4-12H,3H2,1-2H3. The summed E-state index contributed by atoms with van der Waals surface area (Å²) in [5, 5.41) is 0. The topological polar surface area (TPSA) is 12.9 Å². The third kappa shape index (κ3) is 2.30. The zero-order valence-corrected chi connectivity index (χ0v) is 9.85. The summed E-state index contributed by atoms with van der Waals surface area (Å²) in [6.07, 6.45) is 4.86. The van der Waals surface area contributed by atoms with Crippen molar-refractivity contribution < 1.29 is 0 Å². The normalized spacial score (nSPS) is 12.4. The van der Waals surface area contributed by atoms with Gasteiger partial charge in [-0.3, -0.25) is 4.98 Å². The molecule has 1 atom stereocenters. The van der Waals surface area contributed by atoms with Gasteiger partial charge in [0.25, 0.3) is 0 Å². The van der Waals surface area contributed by atoms with Crippen molar-refractivity contribution >= 4 is 0 Å². The van der Waals surface area contributed by atoms with E-state index in [1.165, 1.54) is 16.7 Å². The summed E-state index contributed by atoms with van der Waals surface area (Å²) < 4.78 is 0. The molecule has 0 fully saturated rings. The quantitative estimate of drug-likeness (QED) is 0.752. The van der Waals surface area contributed by atoms with Crippen LogP contribution >= 0.6 is 0 Å². The fourth-order valence-corrected chi connectivity index (χ4v) is 1.87. The van der Waals surface area contributed by atoms with E-state index in [0.29, 0.717) is 5.92 Å². The summed E-state index contributed by atoms with van der Waals surface area (Å²) in [6, 6.07) is 13.0. The maximum atomic E-state index is 4.16. The smallest absolute Gasteiger partial charge is 0.0305 e. The number of aryl methyl sites for hydroxylation is 1. The van der Waals surface area contributed by atoms with Crippen LogP contribution in [0.5, 0.6) is 0 Å². The van der Waals surface area contributed by atoms with E-state index in [-0.39, 0.29) is 0 Å². The van der Waals surface area contributed by atoms with Crippen LogP contribution in [0.2, 0.25) is 0 Å². The van der Waals surface area contributed by atoms with Crippen LogP contribution in [0.4, 0.5) is 0 Å². The van der Waals surface area contributed by atoms with E-state index < -0.39 is 0 Å². The molecule has 0 saturated carbocycles. The predicted molar refractivity (Wildman–Crippen MR) is 67.6 cm³/mol. The van der Waals surface area contributed by atoms with Gasteiger partial charge in [-0.2, -0.15) is 0 Å². The van der Waals surface area contributed by atoms with Gasteiger partial charge in [-0.1, -0.05) is 44.2 Å². The lowest BCUT2D eigenvalue weighted by molar-refractivity contribution is 0.909. The monoisotopic (exact) mass is 211 g/mol. The van der Waals surface area contributed by atoms with E-state index in [1.54, 1.807) is 0 Å². The molecule has 2 rings (SSSR count). The van der Waals surface area contributed by atoms with Gasteiger partial charge in [0.05, 0.1) is 0 Å². The van der Waals surface area contributed by atoms with Gasteiger partial charge in [0, 0.05) is 18.3 Å². The second-order valence-corrected chi connectivity index (χ2v) is 4.10. The first-order chi connectivity index (χ1) is 7.81. The molecule has 0 aliphatic carbocycles. The van der Waals surface area contributed by atoms with Gasteiger partial charge in [-0.15, -0.1) is 0 Å². The molecule has 0 aliphatic heterocycles. The molecule has 0 N–H and O–H groups in total. The number of hydrogen-bond donors (Lipinski definition) is 0. The van der Waals surface area contributed by atoms with Crippen LogP contribution in [0.1, 0.15) is 36.5 Å². The summed E-state index contributed by atoms with van der Waals surface area (Å²) in [7, 11) is 0. The highest BCUT2D eigenvalue weighted by atomic mass is 14.6. The zero-order valence-electron chi connectivity index (χ0n) is 9.85. The first-order valence-electron chi connectivity index (χ1n) is 5.80. The van der Waals surface area contributed by atoms with Crippen LogP contribution < -0.4 is 0 Å². The predicted octanol–water partition coefficient (Wildman–Crippen LogP) is 3.80. The summed E-state index contributed by atoms with van der Waals surface area (Å²) in [4.78, 5) is 4.16. The van der Waals surface area contributed by atoms with Crippen LogP contribution in [-0.4, -0.2) is 4.98 Å². The maximum absolute atomic E-state index is 4.16. The number of rotatable bonds is 3. The largest absolute Gasteiger partial charge is 0.264 e. The Hall–Kier alpha value is -1.63. The Morgan fingerprint density at radius 1 is 1.06 bits per heavy atom. The Kier molecular flexibility index (Phi) is 3.35. The second kappa shape index (κ2) is 4.93. The van der Waals surface area contributed by atoms with Gasteiger partial charge in [0.2, 0.25) is 0 Å². The van der Waals surface area contributed by atoms with Gasteiger partial charge >= 0.3 is 0 Å². The summed E-state index contributed by atoms with van der Waals surface area (Å²) >= 11 is 0. The molecule has 1 heterocycles. The molecule has 0 radical (unpaired) electrons. The van der Waals surface area contributed by atoms with Crippen molar-refractivity contribution in [3.05, 3.63) is 65.5 Å². The van der Waals surface area contributed by atoms with Crippen molar-refractivity contribution in [1.29, 1.82) is 0 Å². The molecule has 0 bridgehead atoms. The fraction of sp³-hybridized carbons (Fsp3) is 0.267. The highest BCUT2D eigenvalue weighted by Gasteiger charge is 2.07. The minimum Gasteiger partial charge on any atom is -0.264 e. The Balaban J connectivity index is 2.24. The average Bonchev–Trinajstić information content (AvgIpc) is 2.39. The molecule has 0 amide bonds. The van der Waals surface area contributed by atoms with E-state index >= 15 is 0 Å². The molecule has 0 saturated heterocycles. The molecule has 1 nitrogen and oxygen atoms in total. The van der Waals surface area contributed by atoms with Crippen LogP contribution in [0, 0.1) is 0 Å². The Morgan fingerprint density at radius 2 is 1.81 bits per heavy atom. The molecule has 1 aromatic carbocycles. The molecule has 16 heavy (non-hydrogen) atoms. The van der Waals surface area contributed by atoms with Crippen molar-refractivity contribution in [3.63, 3.8) is 0 Å². The van der Waals surface area contributed by atoms with Crippen LogP contribution in [0.3, 0.4) is 0 Å². The number of hydrogen-bond acceptors (Lipinski definition) is 1. The lowest BCUT2D eigenvalue weighted by atomic mass is 9.93. The molecule has 1 aromatic heterocycles. The SMILES string of the molecule is CCc1ccc(C(C)c2cccnc2)cc1. The summed E-state index contributed by atoms with van der Waals surface area (Å²) in [6.45, 7) is 4.40. The van der Waals surface area contributed by atoms with Crippen molar-refractivity contribution in [2.24, 2.45) is 0 Å². The first-order valence-corrected chi connectivity index (χ1v) is 5.80. The van der Waals surface area contributed by atoms with Gasteiger partial charge < -0.3 is 0 Å². The molecule has 1 unspecified atom stereocenters. The third-order valence-corrected chi connectivity index (χ3v) is 3.07. The van der Waals surface area contributed by atoms with E-state index in [4.69, 9.17) is 0 Å². The van der Waals surface area contributed by atoms with Crippen LogP contribution in [-0.2, 0) is 6.42 Å². The lowest BCUT2D eigenvalue weighted by Gasteiger charge is -2.12. The maximum Gasteiger partial charge on any atom is 0.0305 e. The van der Waals surface area contributed by atoms with Crippen molar-refractivity contribution in [2.75, 3.05) is 0 Å². The number of nitrogens with zero attached hydrogens (tertiary/aromatic N) is 1. The summed E-state index contributed by atoms with van der Waals surface area (Å²) in [5.74, 6) is 0.416. The molecular weight excluding hydrogens is 194 g/mol. The number of aromatic nitrogens is 1. The van der Waals surface area contributed by atoms with E-state index in [9.17, 15) is 0 Å². The van der Waals surface area contributed by atoms with Crippen LogP contribution in [0.15, 0.2) is 48.8 Å². The third-order valence-electron chi connectivity index (χ3n) is 3.07. The molecule has 0 spiro atoms. The fourth-order valence-electron chi connectivity index (χ4n) is 1.87. The minimum atomic E-state index is 0.416. The Bertz CT molecular complexity index is 431. The van der Waals surface area contributed by atoms with Gasteiger partial charge in [-0.05, 0) is 29.2 Å². The summed E-state index contributed by atoms with van der Waals surface area (Å²) in [5.41, 5.74) is 4.01. The molecular formula is C15H17N. The molecule has 1 heteroatoms. The van der Waals surface area contributed by atoms with Gasteiger partial charge in [0.1, 0.15) is 0 Å². The number of pyridine rings is 1. The molecule has 0 aliphatic rings. The van der Waals surface area contributed by atoms with E-state index in [1.807, 2.05) is 18.5 Å². The second-order valence-electron chi connectivity index (χ2n) is 4.10. The van der Waals surface area contributed by atoms with E-state index in [0.717, 1.165) is 6.42 Å². The van der Waals surface area contributed by atoms with Gasteiger partial charge in [0.15, 0.2) is 0 Å². The highest BCUT2D eigenvalue weighted by molar-refractivity contribution is 5.32. The minimum absolute atomic E-state index is 0.416. The van der Waals surface area contributed by atoms with Crippen molar-refractivity contribution in [2.45, 2.75) is 26.2 Å². The van der Waals surface area contributed by atoms with Crippen molar-refractivity contribution in [3.8, 4) is 0 Å². The lowest BCUT2D eigenvalue weighted by Crippen LogP contribution is -1.96. The Morgan fingerprint density at radius 3 is 2.38 bits per heavy atom. The average molecular weight is 211 g/mol. The zero-order chi connectivity index (χ0) is 11.4. The molecule has 2 aromatic rings. The van der Waals surface area contributed by atoms with Crippen molar-refractivity contribution in [1.82, 2.24) is 4.98 Å². The van der Waals surface area contributed by atoms with Gasteiger partial charge in [-0.25, -0.2) is 0 Å². The van der Waals surface area contributed by atoms with Crippen LogP contribution in [0.25, 0.3) is 0 Å².